The van der Waals surface area contributed by atoms with Crippen LogP contribution in [-0.4, -0.2) is 53.3 Å². The van der Waals surface area contributed by atoms with E-state index in [0.29, 0.717) is 12.8 Å². The van der Waals surface area contributed by atoms with Crippen molar-refractivity contribution in [3.63, 3.8) is 0 Å². The monoisotopic (exact) mass is 392 g/mol. The van der Waals surface area contributed by atoms with E-state index >= 15 is 0 Å². The molecule has 1 saturated heterocycles. The van der Waals surface area contributed by atoms with Gasteiger partial charge >= 0.3 is 6.03 Å². The first-order chi connectivity index (χ1) is 13.5. The number of nitrogens with one attached hydrogen (secondary N) is 3. The number of urea groups is 1. The zero-order valence-corrected chi connectivity index (χ0v) is 16.6. The van der Waals surface area contributed by atoms with E-state index in [1.807, 2.05) is 0 Å². The van der Waals surface area contributed by atoms with Crippen molar-refractivity contribution in [3.8, 4) is 0 Å². The van der Waals surface area contributed by atoms with Crippen LogP contribution >= 0.6 is 0 Å². The van der Waals surface area contributed by atoms with Crippen LogP contribution in [0.5, 0.6) is 0 Å². The summed E-state index contributed by atoms with van der Waals surface area (Å²) in [6.07, 6.45) is 10.2. The minimum atomic E-state index is -0.747. The SMILES string of the molecule is O=C(CCN1C(=O)NC2(CCCCC2)C1=O)NCCC(=O)NC1CCCCC1. The zero-order valence-electron chi connectivity index (χ0n) is 16.6. The van der Waals surface area contributed by atoms with Gasteiger partial charge in [0.15, 0.2) is 0 Å². The van der Waals surface area contributed by atoms with Crippen LogP contribution in [0.3, 0.4) is 0 Å². The van der Waals surface area contributed by atoms with Crippen molar-refractivity contribution in [2.75, 3.05) is 13.1 Å². The molecule has 3 N–H and O–H groups in total. The highest BCUT2D eigenvalue weighted by Crippen LogP contribution is 2.33. The third-order valence-electron chi connectivity index (χ3n) is 6.16. The average molecular weight is 393 g/mol. The second kappa shape index (κ2) is 9.39. The van der Waals surface area contributed by atoms with Crippen LogP contribution in [0.25, 0.3) is 0 Å². The van der Waals surface area contributed by atoms with Crippen LogP contribution in [0.2, 0.25) is 0 Å². The Bertz CT molecular complexity index is 609. The lowest BCUT2D eigenvalue weighted by Crippen LogP contribution is -2.48. The second-order valence-corrected chi connectivity index (χ2v) is 8.28. The number of imide groups is 1. The van der Waals surface area contributed by atoms with Gasteiger partial charge in [-0.15, -0.1) is 0 Å². The molecule has 0 radical (unpaired) electrons. The molecule has 2 saturated carbocycles. The quantitative estimate of drug-likeness (QED) is 0.572. The Kier molecular flexibility index (Phi) is 6.91. The molecule has 0 unspecified atom stereocenters. The first-order valence-electron chi connectivity index (χ1n) is 10.7. The number of carbonyl (C=O) groups excluding carboxylic acids is 4. The predicted octanol–water partition coefficient (Wildman–Crippen LogP) is 1.59. The van der Waals surface area contributed by atoms with Gasteiger partial charge in [-0.25, -0.2) is 4.79 Å². The highest BCUT2D eigenvalue weighted by atomic mass is 16.2. The molecule has 3 aliphatic rings. The highest BCUT2D eigenvalue weighted by Gasteiger charge is 2.51. The van der Waals surface area contributed by atoms with Crippen molar-refractivity contribution in [2.45, 2.75) is 88.6 Å². The number of carbonyl (C=O) groups is 4. The van der Waals surface area contributed by atoms with Crippen molar-refractivity contribution in [1.82, 2.24) is 20.9 Å². The van der Waals surface area contributed by atoms with E-state index in [-0.39, 0.29) is 49.7 Å². The fourth-order valence-corrected chi connectivity index (χ4v) is 4.54. The Morgan fingerprint density at radius 1 is 0.964 bits per heavy atom. The Labute approximate surface area is 166 Å². The lowest BCUT2D eigenvalue weighted by molar-refractivity contribution is -0.132. The van der Waals surface area contributed by atoms with E-state index in [0.717, 1.165) is 44.9 Å². The van der Waals surface area contributed by atoms with Crippen LogP contribution in [0.15, 0.2) is 0 Å². The summed E-state index contributed by atoms with van der Waals surface area (Å²) in [5, 5.41) is 8.57. The van der Waals surface area contributed by atoms with E-state index in [9.17, 15) is 19.2 Å². The molecule has 0 aromatic heterocycles. The molecule has 5 amide bonds. The zero-order chi connectivity index (χ0) is 20.0. The third kappa shape index (κ3) is 5.02. The van der Waals surface area contributed by atoms with E-state index < -0.39 is 11.6 Å². The van der Waals surface area contributed by atoms with Crippen LogP contribution in [-0.2, 0) is 14.4 Å². The van der Waals surface area contributed by atoms with E-state index in [4.69, 9.17) is 0 Å². The number of amides is 5. The Morgan fingerprint density at radius 2 is 1.64 bits per heavy atom. The fraction of sp³-hybridized carbons (Fsp3) is 0.800. The molecule has 8 nitrogen and oxygen atoms in total. The van der Waals surface area contributed by atoms with Crippen molar-refractivity contribution >= 4 is 23.8 Å². The summed E-state index contributed by atoms with van der Waals surface area (Å²) in [6.45, 7) is 0.341. The number of hydrogen-bond acceptors (Lipinski definition) is 4. The van der Waals surface area contributed by atoms with E-state index in [1.54, 1.807) is 0 Å². The molecule has 156 valence electrons. The molecule has 1 heterocycles. The molecule has 8 heteroatoms. The normalized spacial score (nSPS) is 22.2. The molecule has 0 aromatic rings. The van der Waals surface area contributed by atoms with Gasteiger partial charge in [0.1, 0.15) is 5.54 Å². The molecule has 3 fully saturated rings. The summed E-state index contributed by atoms with van der Waals surface area (Å²) < 4.78 is 0. The van der Waals surface area contributed by atoms with Crippen LogP contribution < -0.4 is 16.0 Å². The predicted molar refractivity (Wildman–Crippen MR) is 103 cm³/mol. The molecule has 28 heavy (non-hydrogen) atoms. The molecule has 3 rings (SSSR count). The van der Waals surface area contributed by atoms with Crippen LogP contribution in [0.1, 0.15) is 77.0 Å². The standard InChI is InChI=1S/C20H32N4O4/c25-16(21-13-9-17(26)22-15-7-3-1-4-8-15)10-14-24-18(27)20(23-19(24)28)11-5-2-6-12-20/h15H,1-14H2,(H,21,25)(H,22,26)(H,23,28). The summed E-state index contributed by atoms with van der Waals surface area (Å²) in [5.74, 6) is -0.493. The van der Waals surface area contributed by atoms with Crippen LogP contribution in [0.4, 0.5) is 4.79 Å². The second-order valence-electron chi connectivity index (χ2n) is 8.28. The molecule has 0 atom stereocenters. The maximum absolute atomic E-state index is 12.7. The number of nitrogens with zero attached hydrogens (tertiary/aromatic N) is 1. The summed E-state index contributed by atoms with van der Waals surface area (Å²) >= 11 is 0. The molecule has 0 bridgehead atoms. The van der Waals surface area contributed by atoms with Gasteiger partial charge in [0.25, 0.3) is 5.91 Å². The third-order valence-corrected chi connectivity index (χ3v) is 6.16. The van der Waals surface area contributed by atoms with Crippen molar-refractivity contribution < 1.29 is 19.2 Å². The molecular weight excluding hydrogens is 360 g/mol. The summed E-state index contributed by atoms with van der Waals surface area (Å²) in [6, 6.07) is -0.129. The minimum Gasteiger partial charge on any atom is -0.356 e. The van der Waals surface area contributed by atoms with Crippen molar-refractivity contribution in [2.24, 2.45) is 0 Å². The van der Waals surface area contributed by atoms with Gasteiger partial charge in [-0.1, -0.05) is 38.5 Å². The van der Waals surface area contributed by atoms with Gasteiger partial charge in [0, 0.05) is 32.0 Å². The lowest BCUT2D eigenvalue weighted by Gasteiger charge is -2.30. The summed E-state index contributed by atoms with van der Waals surface area (Å²) in [4.78, 5) is 50.0. The molecule has 1 aliphatic heterocycles. The Balaban J connectivity index is 1.34. The number of hydrogen-bond donors (Lipinski definition) is 3. The first kappa shape index (κ1) is 20.6. The lowest BCUT2D eigenvalue weighted by atomic mass is 9.82. The van der Waals surface area contributed by atoms with Crippen molar-refractivity contribution in [3.05, 3.63) is 0 Å². The number of rotatable bonds is 7. The Hall–Kier alpha value is -2.12. The van der Waals surface area contributed by atoms with Gasteiger partial charge in [-0.05, 0) is 25.7 Å². The summed E-state index contributed by atoms with van der Waals surface area (Å²) in [7, 11) is 0. The molecule has 2 aliphatic carbocycles. The van der Waals surface area contributed by atoms with Crippen LogP contribution in [0, 0.1) is 0 Å². The van der Waals surface area contributed by atoms with Gasteiger partial charge in [-0.2, -0.15) is 0 Å². The average Bonchev–Trinajstić information content (AvgIpc) is 2.91. The molecule has 1 spiro atoms. The van der Waals surface area contributed by atoms with Gasteiger partial charge < -0.3 is 16.0 Å². The minimum absolute atomic E-state index is 0.0412. The maximum Gasteiger partial charge on any atom is 0.325 e. The largest absolute Gasteiger partial charge is 0.356 e. The highest BCUT2D eigenvalue weighted by molar-refractivity contribution is 6.07. The topological polar surface area (TPSA) is 108 Å². The molecule has 0 aromatic carbocycles. The van der Waals surface area contributed by atoms with Crippen molar-refractivity contribution in [1.29, 1.82) is 0 Å². The Morgan fingerprint density at radius 3 is 2.36 bits per heavy atom. The maximum atomic E-state index is 12.7. The van der Waals surface area contributed by atoms with E-state index in [1.165, 1.54) is 11.3 Å². The molecular formula is C20H32N4O4. The van der Waals surface area contributed by atoms with Gasteiger partial charge in [0.05, 0.1) is 0 Å². The van der Waals surface area contributed by atoms with E-state index in [2.05, 4.69) is 16.0 Å². The van der Waals surface area contributed by atoms with Gasteiger partial charge in [0.2, 0.25) is 11.8 Å². The summed E-state index contributed by atoms with van der Waals surface area (Å²) in [5.41, 5.74) is -0.747. The smallest absolute Gasteiger partial charge is 0.325 e. The first-order valence-corrected chi connectivity index (χ1v) is 10.7. The van der Waals surface area contributed by atoms with Gasteiger partial charge in [-0.3, -0.25) is 19.3 Å². The fourth-order valence-electron chi connectivity index (χ4n) is 4.54.